The zero-order valence-corrected chi connectivity index (χ0v) is 12.4. The average molecular weight is 275 g/mol. The smallest absolute Gasteiger partial charge is 0.0637 e. The van der Waals surface area contributed by atoms with Crippen LogP contribution in [-0.4, -0.2) is 31.1 Å². The van der Waals surface area contributed by atoms with Crippen LogP contribution in [0.2, 0.25) is 10.0 Å². The summed E-state index contributed by atoms with van der Waals surface area (Å²) in [6, 6.07) is 5.71. The predicted octanol–water partition coefficient (Wildman–Crippen LogP) is 3.42. The Hall–Kier alpha value is -0.280. The molecule has 96 valence electrons. The number of likely N-dealkylation sites (N-methyl/N-ethyl adjacent to an activating group) is 1. The van der Waals surface area contributed by atoms with Gasteiger partial charge in [-0.3, -0.25) is 0 Å². The maximum absolute atomic E-state index is 6.12. The van der Waals surface area contributed by atoms with Gasteiger partial charge < -0.3 is 10.2 Å². The number of nitrogens with one attached hydrogen (secondary N) is 1. The minimum atomic E-state index is 0.116. The van der Waals surface area contributed by atoms with Crippen molar-refractivity contribution in [3.8, 4) is 0 Å². The third kappa shape index (κ3) is 4.14. The van der Waals surface area contributed by atoms with Crippen LogP contribution in [0.1, 0.15) is 19.4 Å². The van der Waals surface area contributed by atoms with Gasteiger partial charge in [0.25, 0.3) is 0 Å². The van der Waals surface area contributed by atoms with Crippen LogP contribution in [0.5, 0.6) is 0 Å². The topological polar surface area (TPSA) is 15.3 Å². The second-order valence-corrected chi connectivity index (χ2v) is 5.81. The summed E-state index contributed by atoms with van der Waals surface area (Å²) in [5, 5.41) is 4.66. The third-order valence-corrected chi connectivity index (χ3v) is 3.97. The van der Waals surface area contributed by atoms with Gasteiger partial charge in [0.15, 0.2) is 0 Å². The number of nitrogens with zero attached hydrogens (tertiary/aromatic N) is 1. The first kappa shape index (κ1) is 14.8. The third-order valence-electron chi connectivity index (χ3n) is 3.12. The molecule has 0 unspecified atom stereocenters. The molecule has 0 aromatic heterocycles. The van der Waals surface area contributed by atoms with E-state index in [1.807, 2.05) is 12.1 Å². The Morgan fingerprint density at radius 1 is 1.24 bits per heavy atom. The van der Waals surface area contributed by atoms with Gasteiger partial charge in [0.1, 0.15) is 0 Å². The van der Waals surface area contributed by atoms with E-state index in [9.17, 15) is 0 Å². The normalized spacial score (nSPS) is 12.2. The second-order valence-electron chi connectivity index (χ2n) is 5.02. The molecule has 1 aromatic carbocycles. The maximum Gasteiger partial charge on any atom is 0.0637 e. The Bertz CT molecular complexity index is 376. The first-order valence-corrected chi connectivity index (χ1v) is 6.41. The summed E-state index contributed by atoms with van der Waals surface area (Å²) >= 11 is 12.1. The standard InChI is InChI=1S/C13H20Cl2N2/c1-13(2,17(3)4)9-16-8-10-6-5-7-11(14)12(10)15/h5-7,16H,8-9H2,1-4H3. The number of rotatable bonds is 5. The fraction of sp³-hybridized carbons (Fsp3) is 0.538. The van der Waals surface area contributed by atoms with Crippen LogP contribution in [0.3, 0.4) is 0 Å². The first-order valence-electron chi connectivity index (χ1n) is 5.65. The van der Waals surface area contributed by atoms with E-state index in [1.165, 1.54) is 0 Å². The van der Waals surface area contributed by atoms with Crippen LogP contribution in [0.4, 0.5) is 0 Å². The molecule has 17 heavy (non-hydrogen) atoms. The summed E-state index contributed by atoms with van der Waals surface area (Å²) in [7, 11) is 4.15. The molecule has 0 saturated carbocycles. The molecular weight excluding hydrogens is 255 g/mol. The number of halogens is 2. The van der Waals surface area contributed by atoms with E-state index < -0.39 is 0 Å². The Morgan fingerprint density at radius 2 is 1.88 bits per heavy atom. The molecule has 1 aromatic rings. The van der Waals surface area contributed by atoms with Gasteiger partial charge in [0, 0.05) is 18.6 Å². The fourth-order valence-corrected chi connectivity index (χ4v) is 1.73. The average Bonchev–Trinajstić information content (AvgIpc) is 2.24. The summed E-state index contributed by atoms with van der Waals surface area (Å²) < 4.78 is 0. The summed E-state index contributed by atoms with van der Waals surface area (Å²) in [5.41, 5.74) is 1.15. The maximum atomic E-state index is 6.12. The second kappa shape index (κ2) is 6.05. The van der Waals surface area contributed by atoms with E-state index in [-0.39, 0.29) is 5.54 Å². The first-order chi connectivity index (χ1) is 7.84. The molecule has 0 aliphatic heterocycles. The van der Waals surface area contributed by atoms with Crippen LogP contribution in [0.25, 0.3) is 0 Å². The van der Waals surface area contributed by atoms with Gasteiger partial charge in [0.05, 0.1) is 10.0 Å². The van der Waals surface area contributed by atoms with Gasteiger partial charge in [-0.05, 0) is 39.6 Å². The highest BCUT2D eigenvalue weighted by Crippen LogP contribution is 2.25. The van der Waals surface area contributed by atoms with Crippen molar-refractivity contribution in [1.82, 2.24) is 10.2 Å². The summed E-state index contributed by atoms with van der Waals surface area (Å²) in [5.74, 6) is 0. The van der Waals surface area contributed by atoms with Gasteiger partial charge in [0.2, 0.25) is 0 Å². The van der Waals surface area contributed by atoms with E-state index in [2.05, 4.69) is 38.2 Å². The van der Waals surface area contributed by atoms with Crippen molar-refractivity contribution in [1.29, 1.82) is 0 Å². The lowest BCUT2D eigenvalue weighted by atomic mass is 10.0. The minimum absolute atomic E-state index is 0.116. The van der Waals surface area contributed by atoms with Gasteiger partial charge in [-0.15, -0.1) is 0 Å². The fourth-order valence-electron chi connectivity index (χ4n) is 1.35. The Labute approximate surface area is 114 Å². The van der Waals surface area contributed by atoms with Crippen molar-refractivity contribution >= 4 is 23.2 Å². The molecule has 0 radical (unpaired) electrons. The van der Waals surface area contributed by atoms with E-state index in [4.69, 9.17) is 23.2 Å². The van der Waals surface area contributed by atoms with Crippen LogP contribution in [0, 0.1) is 0 Å². The van der Waals surface area contributed by atoms with Crippen LogP contribution in [0.15, 0.2) is 18.2 Å². The zero-order valence-electron chi connectivity index (χ0n) is 10.8. The van der Waals surface area contributed by atoms with Gasteiger partial charge >= 0.3 is 0 Å². The van der Waals surface area contributed by atoms with Crippen molar-refractivity contribution < 1.29 is 0 Å². The van der Waals surface area contributed by atoms with Crippen molar-refractivity contribution in [3.63, 3.8) is 0 Å². The molecule has 0 fully saturated rings. The van der Waals surface area contributed by atoms with Gasteiger partial charge in [-0.25, -0.2) is 0 Å². The highest BCUT2D eigenvalue weighted by atomic mass is 35.5. The van der Waals surface area contributed by atoms with E-state index in [1.54, 1.807) is 6.07 Å². The highest BCUT2D eigenvalue weighted by Gasteiger charge is 2.19. The summed E-state index contributed by atoms with van der Waals surface area (Å²) in [6.45, 7) is 6.01. The van der Waals surface area contributed by atoms with Crippen molar-refractivity contribution in [2.24, 2.45) is 0 Å². The van der Waals surface area contributed by atoms with Gasteiger partial charge in [-0.2, -0.15) is 0 Å². The number of benzene rings is 1. The largest absolute Gasteiger partial charge is 0.311 e. The quantitative estimate of drug-likeness (QED) is 0.885. The SMILES string of the molecule is CN(C)C(C)(C)CNCc1cccc(Cl)c1Cl. The van der Waals surface area contributed by atoms with Crippen molar-refractivity contribution in [3.05, 3.63) is 33.8 Å². The minimum Gasteiger partial charge on any atom is -0.311 e. The lowest BCUT2D eigenvalue weighted by molar-refractivity contribution is 0.190. The molecule has 1 N–H and O–H groups in total. The molecule has 0 amide bonds. The Kier molecular flexibility index (Phi) is 5.26. The van der Waals surface area contributed by atoms with Crippen LogP contribution < -0.4 is 5.32 Å². The molecule has 2 nitrogen and oxygen atoms in total. The Morgan fingerprint density at radius 3 is 2.47 bits per heavy atom. The molecule has 0 spiro atoms. The number of hydrogen-bond acceptors (Lipinski definition) is 2. The zero-order chi connectivity index (χ0) is 13.1. The molecule has 0 atom stereocenters. The van der Waals surface area contributed by atoms with Crippen molar-refractivity contribution in [2.45, 2.75) is 25.9 Å². The summed E-state index contributed by atoms with van der Waals surface area (Å²) in [6.07, 6.45) is 0. The monoisotopic (exact) mass is 274 g/mol. The lowest BCUT2D eigenvalue weighted by Crippen LogP contribution is -2.46. The van der Waals surface area contributed by atoms with E-state index >= 15 is 0 Å². The lowest BCUT2D eigenvalue weighted by Gasteiger charge is -2.32. The van der Waals surface area contributed by atoms with Crippen LogP contribution in [-0.2, 0) is 6.54 Å². The van der Waals surface area contributed by atoms with E-state index in [0.717, 1.165) is 18.7 Å². The number of hydrogen-bond donors (Lipinski definition) is 1. The molecule has 4 heteroatoms. The molecular formula is C13H20Cl2N2. The van der Waals surface area contributed by atoms with Gasteiger partial charge in [-0.1, -0.05) is 35.3 Å². The Balaban J connectivity index is 2.55. The molecule has 0 bridgehead atoms. The predicted molar refractivity (Wildman–Crippen MR) is 75.9 cm³/mol. The van der Waals surface area contributed by atoms with Crippen molar-refractivity contribution in [2.75, 3.05) is 20.6 Å². The molecule has 0 heterocycles. The molecule has 1 rings (SSSR count). The summed E-state index contributed by atoms with van der Waals surface area (Å²) in [4.78, 5) is 2.19. The molecule has 0 aliphatic carbocycles. The molecule has 0 saturated heterocycles. The van der Waals surface area contributed by atoms with Crippen LogP contribution >= 0.6 is 23.2 Å². The van der Waals surface area contributed by atoms with E-state index in [0.29, 0.717) is 10.0 Å². The molecule has 0 aliphatic rings. The highest BCUT2D eigenvalue weighted by molar-refractivity contribution is 6.42.